The van der Waals surface area contributed by atoms with Crippen molar-refractivity contribution in [1.29, 1.82) is 0 Å². The molecule has 1 aliphatic rings. The molecule has 4 heteroatoms. The highest BCUT2D eigenvalue weighted by molar-refractivity contribution is 5.30. The third-order valence-corrected chi connectivity index (χ3v) is 3.81. The Hall–Kier alpha value is -1.16. The Morgan fingerprint density at radius 2 is 1.90 bits per heavy atom. The third-order valence-electron chi connectivity index (χ3n) is 3.81. The fourth-order valence-electron chi connectivity index (χ4n) is 2.43. The van der Waals surface area contributed by atoms with Gasteiger partial charge in [-0.1, -0.05) is 6.92 Å². The lowest BCUT2D eigenvalue weighted by molar-refractivity contribution is 0.423. The van der Waals surface area contributed by atoms with Gasteiger partial charge in [0, 0.05) is 43.1 Å². The number of aromatic nitrogens is 2. The first-order valence-corrected chi connectivity index (χ1v) is 7.75. The summed E-state index contributed by atoms with van der Waals surface area (Å²) in [6.45, 7) is 11.8. The van der Waals surface area contributed by atoms with E-state index in [-0.39, 0.29) is 5.54 Å². The van der Waals surface area contributed by atoms with E-state index in [0.717, 1.165) is 37.1 Å². The Kier molecular flexibility index (Phi) is 4.97. The number of hydrogen-bond donors (Lipinski definition) is 1. The number of hydrogen-bond acceptors (Lipinski definition) is 4. The predicted molar refractivity (Wildman–Crippen MR) is 83.9 cm³/mol. The van der Waals surface area contributed by atoms with Gasteiger partial charge in [-0.15, -0.1) is 0 Å². The summed E-state index contributed by atoms with van der Waals surface area (Å²) in [4.78, 5) is 11.4. The van der Waals surface area contributed by atoms with Crippen LogP contribution in [0.25, 0.3) is 0 Å². The molecule has 0 bridgehead atoms. The molecular weight excluding hydrogens is 248 g/mol. The van der Waals surface area contributed by atoms with E-state index in [1.54, 1.807) is 0 Å². The van der Waals surface area contributed by atoms with Crippen LogP contribution in [0.2, 0.25) is 0 Å². The molecule has 0 aromatic carbocycles. The highest BCUT2D eigenvalue weighted by atomic mass is 15.2. The van der Waals surface area contributed by atoms with Crippen LogP contribution in [0.1, 0.15) is 52.5 Å². The molecule has 1 fully saturated rings. The molecule has 0 radical (unpaired) electrons. The van der Waals surface area contributed by atoms with Gasteiger partial charge in [0.05, 0.1) is 0 Å². The summed E-state index contributed by atoms with van der Waals surface area (Å²) in [5.41, 5.74) is 1.27. The summed E-state index contributed by atoms with van der Waals surface area (Å²) in [7, 11) is 0. The minimum absolute atomic E-state index is 0.125. The first kappa shape index (κ1) is 15.2. The lowest BCUT2D eigenvalue weighted by Gasteiger charge is -2.22. The van der Waals surface area contributed by atoms with Gasteiger partial charge in [-0.3, -0.25) is 0 Å². The first-order valence-electron chi connectivity index (χ1n) is 7.75. The second-order valence-corrected chi connectivity index (χ2v) is 7.02. The van der Waals surface area contributed by atoms with Gasteiger partial charge in [-0.25, -0.2) is 9.97 Å². The molecule has 1 atom stereocenters. The van der Waals surface area contributed by atoms with Crippen LogP contribution in [-0.2, 0) is 6.54 Å². The van der Waals surface area contributed by atoms with Crippen LogP contribution in [0.4, 0.5) is 5.95 Å². The largest absolute Gasteiger partial charge is 0.341 e. The Morgan fingerprint density at radius 3 is 2.55 bits per heavy atom. The van der Waals surface area contributed by atoms with E-state index >= 15 is 0 Å². The van der Waals surface area contributed by atoms with E-state index in [9.17, 15) is 0 Å². The molecule has 1 N–H and O–H groups in total. The molecule has 0 aliphatic carbocycles. The van der Waals surface area contributed by atoms with Gasteiger partial charge in [0.1, 0.15) is 0 Å². The second-order valence-electron chi connectivity index (χ2n) is 7.02. The predicted octanol–water partition coefficient (Wildman–Crippen LogP) is 2.99. The van der Waals surface area contributed by atoms with Crippen molar-refractivity contribution in [2.24, 2.45) is 5.92 Å². The molecule has 0 amide bonds. The van der Waals surface area contributed by atoms with Crippen LogP contribution < -0.4 is 10.2 Å². The van der Waals surface area contributed by atoms with Gasteiger partial charge in [-0.2, -0.15) is 0 Å². The van der Waals surface area contributed by atoms with Crippen molar-refractivity contribution in [2.75, 3.05) is 18.0 Å². The molecule has 2 heterocycles. The fourth-order valence-corrected chi connectivity index (χ4v) is 2.43. The maximum Gasteiger partial charge on any atom is 0.225 e. The van der Waals surface area contributed by atoms with Crippen molar-refractivity contribution in [1.82, 2.24) is 15.3 Å². The van der Waals surface area contributed by atoms with Crippen LogP contribution >= 0.6 is 0 Å². The van der Waals surface area contributed by atoms with Crippen molar-refractivity contribution in [3.8, 4) is 0 Å². The molecule has 20 heavy (non-hydrogen) atoms. The number of nitrogens with one attached hydrogen (secondary N) is 1. The number of rotatable bonds is 3. The third kappa shape index (κ3) is 4.75. The van der Waals surface area contributed by atoms with Gasteiger partial charge >= 0.3 is 0 Å². The average molecular weight is 276 g/mol. The average Bonchev–Trinajstić information content (AvgIpc) is 2.61. The van der Waals surface area contributed by atoms with Crippen molar-refractivity contribution in [3.05, 3.63) is 18.0 Å². The van der Waals surface area contributed by atoms with Crippen molar-refractivity contribution in [3.63, 3.8) is 0 Å². The van der Waals surface area contributed by atoms with E-state index in [4.69, 9.17) is 0 Å². The summed E-state index contributed by atoms with van der Waals surface area (Å²) in [5, 5.41) is 3.46. The van der Waals surface area contributed by atoms with Crippen LogP contribution in [0, 0.1) is 5.92 Å². The summed E-state index contributed by atoms with van der Waals surface area (Å²) in [6.07, 6.45) is 7.73. The van der Waals surface area contributed by atoms with Gasteiger partial charge in [0.2, 0.25) is 5.95 Å². The normalized spacial score (nSPS) is 20.8. The second kappa shape index (κ2) is 6.53. The van der Waals surface area contributed by atoms with E-state index in [1.165, 1.54) is 19.3 Å². The summed E-state index contributed by atoms with van der Waals surface area (Å²) in [6, 6.07) is 0. The molecule has 4 nitrogen and oxygen atoms in total. The maximum absolute atomic E-state index is 4.54. The Bertz CT molecular complexity index is 407. The monoisotopic (exact) mass is 276 g/mol. The van der Waals surface area contributed by atoms with Gasteiger partial charge in [0.15, 0.2) is 0 Å². The maximum atomic E-state index is 4.54. The summed E-state index contributed by atoms with van der Waals surface area (Å²) < 4.78 is 0. The quantitative estimate of drug-likeness (QED) is 0.921. The van der Waals surface area contributed by atoms with Gasteiger partial charge in [-0.05, 0) is 46.0 Å². The van der Waals surface area contributed by atoms with Crippen LogP contribution in [0.5, 0.6) is 0 Å². The van der Waals surface area contributed by atoms with E-state index in [1.807, 2.05) is 12.4 Å². The molecule has 1 saturated heterocycles. The van der Waals surface area contributed by atoms with E-state index < -0.39 is 0 Å². The van der Waals surface area contributed by atoms with E-state index in [2.05, 4.69) is 47.9 Å². The lowest BCUT2D eigenvalue weighted by atomic mass is 10.0. The minimum atomic E-state index is 0.125. The molecule has 2 rings (SSSR count). The lowest BCUT2D eigenvalue weighted by Crippen LogP contribution is -2.35. The van der Waals surface area contributed by atoms with Gasteiger partial charge < -0.3 is 10.2 Å². The zero-order valence-electron chi connectivity index (χ0n) is 13.3. The first-order chi connectivity index (χ1) is 9.44. The molecular formula is C16H28N4. The Balaban J connectivity index is 1.93. The van der Waals surface area contributed by atoms with Crippen LogP contribution in [0.3, 0.4) is 0 Å². The smallest absolute Gasteiger partial charge is 0.225 e. The van der Waals surface area contributed by atoms with Crippen LogP contribution in [0.15, 0.2) is 12.4 Å². The van der Waals surface area contributed by atoms with E-state index in [0.29, 0.717) is 0 Å². The highest BCUT2D eigenvalue weighted by Crippen LogP contribution is 2.19. The van der Waals surface area contributed by atoms with Gasteiger partial charge in [0.25, 0.3) is 0 Å². The standard InChI is InChI=1S/C16H28N4/c1-13-6-5-8-20(9-7-13)15-17-10-14(11-18-15)12-19-16(2,3)4/h10-11,13,19H,5-9,12H2,1-4H3. The van der Waals surface area contributed by atoms with Crippen LogP contribution in [-0.4, -0.2) is 28.6 Å². The highest BCUT2D eigenvalue weighted by Gasteiger charge is 2.16. The zero-order chi connectivity index (χ0) is 14.6. The van der Waals surface area contributed by atoms with Crippen molar-refractivity contribution >= 4 is 5.95 Å². The molecule has 1 aliphatic heterocycles. The molecule has 1 aromatic heterocycles. The molecule has 1 aromatic rings. The van der Waals surface area contributed by atoms with Crippen molar-refractivity contribution in [2.45, 2.75) is 59.0 Å². The molecule has 112 valence electrons. The molecule has 0 spiro atoms. The summed E-state index contributed by atoms with van der Waals surface area (Å²) >= 11 is 0. The number of anilines is 1. The molecule has 1 unspecified atom stereocenters. The SMILES string of the molecule is CC1CCCN(c2ncc(CNC(C)(C)C)cn2)CC1. The Labute approximate surface area is 123 Å². The zero-order valence-corrected chi connectivity index (χ0v) is 13.3. The number of nitrogens with zero attached hydrogens (tertiary/aromatic N) is 3. The topological polar surface area (TPSA) is 41.1 Å². The van der Waals surface area contributed by atoms with Crippen molar-refractivity contribution < 1.29 is 0 Å². The molecule has 0 saturated carbocycles. The Morgan fingerprint density at radius 1 is 1.20 bits per heavy atom. The minimum Gasteiger partial charge on any atom is -0.341 e. The fraction of sp³-hybridized carbons (Fsp3) is 0.750. The summed E-state index contributed by atoms with van der Waals surface area (Å²) in [5.74, 6) is 1.72.